The Morgan fingerprint density at radius 3 is 1.66 bits per heavy atom. The van der Waals surface area contributed by atoms with E-state index < -0.39 is 12.1 Å². The third kappa shape index (κ3) is 6.41. The van der Waals surface area contributed by atoms with Crippen molar-refractivity contribution in [1.29, 1.82) is 0 Å². The van der Waals surface area contributed by atoms with Crippen LogP contribution in [-0.2, 0) is 4.74 Å². The highest BCUT2D eigenvalue weighted by Gasteiger charge is 2.28. The number of carbonyl (C=O) groups is 2. The lowest BCUT2D eigenvalue weighted by Crippen LogP contribution is -2.20. The molecule has 6 nitrogen and oxygen atoms in total. The normalized spacial score (nSPS) is 11.5. The largest absolute Gasteiger partial charge is 0.490 e. The van der Waals surface area contributed by atoms with Crippen LogP contribution in [-0.4, -0.2) is 31.6 Å². The van der Waals surface area contributed by atoms with E-state index in [1.54, 1.807) is 36.4 Å². The lowest BCUT2D eigenvalue weighted by atomic mass is 9.98. The Morgan fingerprint density at radius 1 is 0.686 bits per heavy atom. The highest BCUT2D eigenvalue weighted by Crippen LogP contribution is 2.39. The van der Waals surface area contributed by atoms with Crippen LogP contribution in [0.5, 0.6) is 17.2 Å². The number of Topliss-reactive ketones (excluding diaryl/α,β-unsaturated/α-hetero) is 1. The summed E-state index contributed by atoms with van der Waals surface area (Å²) in [7, 11) is 0. The SMILES string of the molecule is CCOc1cc(C(=O)O[C@H](C(=O)c2ccc(C)cc2)c2ccc(C)cc2)cc(OCC)c1OCC. The smallest absolute Gasteiger partial charge is 0.339 e. The first-order valence-corrected chi connectivity index (χ1v) is 11.8. The molecule has 0 aromatic heterocycles. The van der Waals surface area contributed by atoms with Crippen LogP contribution >= 0.6 is 0 Å². The Hall–Kier alpha value is -3.80. The molecule has 0 bridgehead atoms. The number of aryl methyl sites for hydroxylation is 2. The Kier molecular flexibility index (Phi) is 8.90. The molecule has 0 heterocycles. The summed E-state index contributed by atoms with van der Waals surface area (Å²) in [4.78, 5) is 26.8. The van der Waals surface area contributed by atoms with E-state index in [1.165, 1.54) is 0 Å². The fraction of sp³-hybridized carbons (Fsp3) is 0.310. The maximum atomic E-state index is 13.4. The number of benzene rings is 3. The van der Waals surface area contributed by atoms with Crippen molar-refractivity contribution in [3.63, 3.8) is 0 Å². The number of hydrogen-bond acceptors (Lipinski definition) is 6. The van der Waals surface area contributed by atoms with Crippen molar-refractivity contribution in [2.24, 2.45) is 0 Å². The molecule has 0 aliphatic carbocycles. The summed E-state index contributed by atoms with van der Waals surface area (Å²) < 4.78 is 23.0. The Morgan fingerprint density at radius 2 is 1.17 bits per heavy atom. The summed E-state index contributed by atoms with van der Waals surface area (Å²) in [5.41, 5.74) is 3.33. The van der Waals surface area contributed by atoms with Gasteiger partial charge in [0.25, 0.3) is 0 Å². The summed E-state index contributed by atoms with van der Waals surface area (Å²) in [5.74, 6) is 0.218. The predicted molar refractivity (Wildman–Crippen MR) is 135 cm³/mol. The van der Waals surface area contributed by atoms with Crippen molar-refractivity contribution in [3.8, 4) is 17.2 Å². The monoisotopic (exact) mass is 476 g/mol. The molecule has 0 amide bonds. The van der Waals surface area contributed by atoms with E-state index >= 15 is 0 Å². The maximum absolute atomic E-state index is 13.4. The van der Waals surface area contributed by atoms with Crippen molar-refractivity contribution in [1.82, 2.24) is 0 Å². The van der Waals surface area contributed by atoms with Gasteiger partial charge in [-0.2, -0.15) is 0 Å². The maximum Gasteiger partial charge on any atom is 0.339 e. The number of esters is 1. The van der Waals surface area contributed by atoms with Crippen LogP contribution in [0.25, 0.3) is 0 Å². The minimum Gasteiger partial charge on any atom is -0.490 e. The number of ether oxygens (including phenoxy) is 4. The zero-order chi connectivity index (χ0) is 25.4. The number of hydrogen-bond donors (Lipinski definition) is 0. The molecule has 3 rings (SSSR count). The molecular formula is C29H32O6. The van der Waals surface area contributed by atoms with Gasteiger partial charge in [0.05, 0.1) is 25.4 Å². The summed E-state index contributed by atoms with van der Waals surface area (Å²) in [6.45, 7) is 10.6. The van der Waals surface area contributed by atoms with E-state index in [-0.39, 0.29) is 11.3 Å². The summed E-state index contributed by atoms with van der Waals surface area (Å²) in [6.07, 6.45) is -1.11. The average Bonchev–Trinajstić information content (AvgIpc) is 2.85. The van der Waals surface area contributed by atoms with Gasteiger partial charge in [-0.15, -0.1) is 0 Å². The second-order valence-corrected chi connectivity index (χ2v) is 8.03. The average molecular weight is 477 g/mol. The van der Waals surface area contributed by atoms with Gasteiger partial charge in [-0.05, 0) is 46.8 Å². The summed E-state index contributed by atoms with van der Waals surface area (Å²) in [6, 6.07) is 17.7. The van der Waals surface area contributed by atoms with E-state index in [2.05, 4.69) is 0 Å². The molecule has 0 saturated carbocycles. The summed E-state index contributed by atoms with van der Waals surface area (Å²) in [5, 5.41) is 0. The van der Waals surface area contributed by atoms with Gasteiger partial charge in [0.2, 0.25) is 11.5 Å². The lowest BCUT2D eigenvalue weighted by Gasteiger charge is -2.20. The van der Waals surface area contributed by atoms with Crippen LogP contribution in [0.2, 0.25) is 0 Å². The van der Waals surface area contributed by atoms with Crippen molar-refractivity contribution in [2.45, 2.75) is 40.7 Å². The highest BCUT2D eigenvalue weighted by atomic mass is 16.6. The van der Waals surface area contributed by atoms with Crippen molar-refractivity contribution in [3.05, 3.63) is 88.5 Å². The van der Waals surface area contributed by atoms with Crippen molar-refractivity contribution >= 4 is 11.8 Å². The second kappa shape index (κ2) is 12.1. The van der Waals surface area contributed by atoms with Crippen LogP contribution in [0.4, 0.5) is 0 Å². The molecular weight excluding hydrogens is 444 g/mol. The van der Waals surface area contributed by atoms with Gasteiger partial charge in [0.1, 0.15) is 0 Å². The number of carbonyl (C=O) groups excluding carboxylic acids is 2. The van der Waals surface area contributed by atoms with Crippen LogP contribution < -0.4 is 14.2 Å². The molecule has 6 heteroatoms. The molecule has 0 fully saturated rings. The molecule has 35 heavy (non-hydrogen) atoms. The first-order valence-electron chi connectivity index (χ1n) is 11.8. The molecule has 0 unspecified atom stereocenters. The molecule has 0 aliphatic heterocycles. The molecule has 3 aromatic rings. The Bertz CT molecular complexity index is 1120. The Balaban J connectivity index is 2.00. The van der Waals surface area contributed by atoms with Gasteiger partial charge in [-0.3, -0.25) is 4.79 Å². The first-order chi connectivity index (χ1) is 16.9. The molecule has 0 saturated heterocycles. The van der Waals surface area contributed by atoms with Gasteiger partial charge in [0, 0.05) is 11.1 Å². The van der Waals surface area contributed by atoms with Crippen LogP contribution in [0.3, 0.4) is 0 Å². The fourth-order valence-electron chi connectivity index (χ4n) is 3.56. The third-order valence-corrected chi connectivity index (χ3v) is 5.32. The van der Waals surface area contributed by atoms with E-state index in [0.717, 1.165) is 11.1 Å². The molecule has 3 aromatic carbocycles. The van der Waals surface area contributed by atoms with Gasteiger partial charge < -0.3 is 18.9 Å². The quantitative estimate of drug-likeness (QED) is 0.240. The minimum atomic E-state index is -1.11. The van der Waals surface area contributed by atoms with Gasteiger partial charge in [-0.25, -0.2) is 4.79 Å². The number of ketones is 1. The Labute approximate surface area is 206 Å². The second-order valence-electron chi connectivity index (χ2n) is 8.03. The van der Waals surface area contributed by atoms with Crippen molar-refractivity contribution in [2.75, 3.05) is 19.8 Å². The van der Waals surface area contributed by atoms with Crippen LogP contribution in [0.15, 0.2) is 60.7 Å². The first kappa shape index (κ1) is 25.8. The van der Waals surface area contributed by atoms with Crippen LogP contribution in [0, 0.1) is 13.8 Å². The molecule has 1 atom stereocenters. The predicted octanol–water partition coefficient (Wildman–Crippen LogP) is 6.28. The molecule has 0 N–H and O–H groups in total. The van der Waals surface area contributed by atoms with Gasteiger partial charge in [0.15, 0.2) is 17.6 Å². The van der Waals surface area contributed by atoms with Crippen molar-refractivity contribution < 1.29 is 28.5 Å². The summed E-state index contributed by atoms with van der Waals surface area (Å²) >= 11 is 0. The minimum absolute atomic E-state index is 0.203. The van der Waals surface area contributed by atoms with E-state index in [9.17, 15) is 9.59 Å². The van der Waals surface area contributed by atoms with E-state index in [0.29, 0.717) is 48.2 Å². The number of rotatable bonds is 11. The molecule has 184 valence electrons. The van der Waals surface area contributed by atoms with Crippen LogP contribution in [0.1, 0.15) is 64.3 Å². The zero-order valence-corrected chi connectivity index (χ0v) is 20.9. The standard InChI is InChI=1S/C29H32O6/c1-6-32-24-17-23(18-25(33-7-2)28(24)34-8-3)29(31)35-27(22-15-11-20(5)12-16-22)26(30)21-13-9-19(4)10-14-21/h9-18,27H,6-8H2,1-5H3/t27-/m0/s1. The molecule has 0 spiro atoms. The molecule has 0 aliphatic rings. The van der Waals surface area contributed by atoms with Gasteiger partial charge >= 0.3 is 5.97 Å². The zero-order valence-electron chi connectivity index (χ0n) is 20.9. The van der Waals surface area contributed by atoms with E-state index in [4.69, 9.17) is 18.9 Å². The van der Waals surface area contributed by atoms with Gasteiger partial charge in [-0.1, -0.05) is 59.7 Å². The molecule has 0 radical (unpaired) electrons. The lowest BCUT2D eigenvalue weighted by molar-refractivity contribution is 0.0279. The highest BCUT2D eigenvalue weighted by molar-refractivity contribution is 6.02. The fourth-order valence-corrected chi connectivity index (χ4v) is 3.56. The topological polar surface area (TPSA) is 71.1 Å². The third-order valence-electron chi connectivity index (χ3n) is 5.32. The van der Waals surface area contributed by atoms with E-state index in [1.807, 2.05) is 58.9 Å².